The van der Waals surface area contributed by atoms with Gasteiger partial charge in [-0.05, 0) is 53.8 Å². The lowest BCUT2D eigenvalue weighted by Crippen LogP contribution is -2.25. The molecular weight excluding hydrogens is 621 g/mol. The summed E-state index contributed by atoms with van der Waals surface area (Å²) in [5, 5.41) is 0.120. The molecule has 228 valence electrons. The van der Waals surface area contributed by atoms with Crippen molar-refractivity contribution in [1.29, 1.82) is 0 Å². The summed E-state index contributed by atoms with van der Waals surface area (Å²) in [4.78, 5) is 4.34. The van der Waals surface area contributed by atoms with Crippen LogP contribution in [0.5, 0.6) is 11.5 Å². The molecule has 0 saturated carbocycles. The van der Waals surface area contributed by atoms with Crippen molar-refractivity contribution < 1.29 is 49.0 Å². The number of rotatable bonds is 9. The Balaban J connectivity index is 1.40. The highest BCUT2D eigenvalue weighted by Crippen LogP contribution is 2.40. The van der Waals surface area contributed by atoms with Crippen LogP contribution < -0.4 is 9.47 Å². The van der Waals surface area contributed by atoms with Gasteiger partial charge in [0.1, 0.15) is 28.0 Å². The number of nitrogens with zero attached hydrogens (tertiary/aromatic N) is 1. The van der Waals surface area contributed by atoms with Gasteiger partial charge in [0.2, 0.25) is 5.75 Å². The number of aryl methyl sites for hydroxylation is 1. The van der Waals surface area contributed by atoms with E-state index in [0.29, 0.717) is 22.3 Å². The topological polar surface area (TPSA) is 31.4 Å². The molecule has 4 aromatic carbocycles. The predicted molar refractivity (Wildman–Crippen MR) is 146 cm³/mol. The summed E-state index contributed by atoms with van der Waals surface area (Å²) in [5.74, 6) is -10.9. The first kappa shape index (κ1) is 30.9. The Morgan fingerprint density at radius 2 is 1.34 bits per heavy atom. The first-order valence-electron chi connectivity index (χ1n) is 12.7. The third kappa shape index (κ3) is 6.67. The van der Waals surface area contributed by atoms with Crippen LogP contribution in [0.25, 0.3) is 31.9 Å². The SMILES string of the molecule is C=CCCc1ccc(-c2ccc3nc(-c4cc(F)c(C(F)(F)Oc5cc(F)c(OC(F)(F)F)c(F)c5)c(F)c4)sc3c2)cc1. The number of alkyl halides is 5. The number of thiazole rings is 1. The van der Waals surface area contributed by atoms with E-state index < -0.39 is 52.8 Å². The molecule has 0 bridgehead atoms. The van der Waals surface area contributed by atoms with Crippen LogP contribution in [-0.2, 0) is 12.5 Å². The van der Waals surface area contributed by atoms with Gasteiger partial charge in [0, 0.05) is 17.7 Å². The molecule has 5 aromatic rings. The van der Waals surface area contributed by atoms with E-state index >= 15 is 0 Å². The van der Waals surface area contributed by atoms with Crippen molar-refractivity contribution in [3.63, 3.8) is 0 Å². The average Bonchev–Trinajstić information content (AvgIpc) is 3.37. The number of benzene rings is 4. The molecular formula is C31H18F9NO2S. The summed E-state index contributed by atoms with van der Waals surface area (Å²) in [5.41, 5.74) is 1.37. The number of halogens is 9. The highest BCUT2D eigenvalue weighted by atomic mass is 32.1. The maximum absolute atomic E-state index is 14.9. The molecule has 3 nitrogen and oxygen atoms in total. The van der Waals surface area contributed by atoms with E-state index in [2.05, 4.69) is 21.0 Å². The largest absolute Gasteiger partial charge is 0.573 e. The zero-order valence-corrected chi connectivity index (χ0v) is 22.9. The van der Waals surface area contributed by atoms with E-state index in [4.69, 9.17) is 0 Å². The molecule has 0 unspecified atom stereocenters. The van der Waals surface area contributed by atoms with Gasteiger partial charge in [-0.25, -0.2) is 22.5 Å². The quantitative estimate of drug-likeness (QED) is 0.119. The van der Waals surface area contributed by atoms with Crippen LogP contribution in [0.15, 0.2) is 79.4 Å². The van der Waals surface area contributed by atoms with E-state index in [0.717, 1.165) is 40.9 Å². The van der Waals surface area contributed by atoms with Crippen molar-refractivity contribution in [3.8, 4) is 33.2 Å². The minimum absolute atomic E-state index is 0.0467. The second-order valence-electron chi connectivity index (χ2n) is 9.42. The van der Waals surface area contributed by atoms with Crippen molar-refractivity contribution in [1.82, 2.24) is 4.98 Å². The number of fused-ring (bicyclic) bond motifs is 1. The molecule has 5 rings (SSSR count). The molecule has 0 atom stereocenters. The van der Waals surface area contributed by atoms with Gasteiger partial charge in [-0.3, -0.25) is 0 Å². The van der Waals surface area contributed by atoms with Crippen molar-refractivity contribution in [2.24, 2.45) is 0 Å². The van der Waals surface area contributed by atoms with Crippen LogP contribution in [0.1, 0.15) is 17.5 Å². The van der Waals surface area contributed by atoms with Crippen LogP contribution in [-0.4, -0.2) is 11.3 Å². The Bertz CT molecular complexity index is 1800. The van der Waals surface area contributed by atoms with Crippen molar-refractivity contribution in [2.45, 2.75) is 25.3 Å². The second kappa shape index (κ2) is 11.9. The maximum Gasteiger partial charge on any atom is 0.573 e. The van der Waals surface area contributed by atoms with E-state index in [1.165, 1.54) is 0 Å². The minimum atomic E-state index is -5.48. The number of hydrogen-bond acceptors (Lipinski definition) is 4. The number of aromatic nitrogens is 1. The lowest BCUT2D eigenvalue weighted by atomic mass is 10.0. The van der Waals surface area contributed by atoms with Crippen molar-refractivity contribution >= 4 is 21.6 Å². The summed E-state index contributed by atoms with van der Waals surface area (Å²) in [6.45, 7) is 3.71. The maximum atomic E-state index is 14.9. The smallest absolute Gasteiger partial charge is 0.429 e. The molecule has 0 saturated heterocycles. The fraction of sp³-hybridized carbons (Fsp3) is 0.129. The van der Waals surface area contributed by atoms with Gasteiger partial charge in [-0.15, -0.1) is 31.1 Å². The first-order chi connectivity index (χ1) is 20.7. The summed E-state index contributed by atoms with van der Waals surface area (Å²) in [7, 11) is 0. The second-order valence-corrected chi connectivity index (χ2v) is 10.5. The molecule has 1 heterocycles. The molecule has 13 heteroatoms. The van der Waals surface area contributed by atoms with Crippen LogP contribution in [0.3, 0.4) is 0 Å². The van der Waals surface area contributed by atoms with Crippen LogP contribution >= 0.6 is 11.3 Å². The predicted octanol–water partition coefficient (Wildman–Crippen LogP) is 10.3. The molecule has 0 fully saturated rings. The molecule has 1 aromatic heterocycles. The monoisotopic (exact) mass is 639 g/mol. The Kier molecular flexibility index (Phi) is 8.34. The van der Waals surface area contributed by atoms with Gasteiger partial charge in [0.05, 0.1) is 10.2 Å². The lowest BCUT2D eigenvalue weighted by molar-refractivity contribution is -0.276. The average molecular weight is 640 g/mol. The van der Waals surface area contributed by atoms with E-state index in [1.54, 1.807) is 6.07 Å². The van der Waals surface area contributed by atoms with Gasteiger partial charge < -0.3 is 9.47 Å². The summed E-state index contributed by atoms with van der Waals surface area (Å²) in [6, 6.07) is 14.4. The van der Waals surface area contributed by atoms with Gasteiger partial charge in [-0.2, -0.15) is 8.78 Å². The number of ether oxygens (including phenoxy) is 2. The lowest BCUT2D eigenvalue weighted by Gasteiger charge is -2.20. The van der Waals surface area contributed by atoms with Crippen molar-refractivity contribution in [2.75, 3.05) is 0 Å². The van der Waals surface area contributed by atoms with Gasteiger partial charge >= 0.3 is 12.5 Å². The van der Waals surface area contributed by atoms with Gasteiger partial charge in [-0.1, -0.05) is 36.4 Å². The fourth-order valence-corrected chi connectivity index (χ4v) is 5.33. The van der Waals surface area contributed by atoms with Crippen LogP contribution in [0, 0.1) is 23.3 Å². The fourth-order valence-electron chi connectivity index (χ4n) is 4.34. The summed E-state index contributed by atoms with van der Waals surface area (Å²) >= 11 is 1.07. The number of allylic oxidation sites excluding steroid dienone is 1. The van der Waals surface area contributed by atoms with Crippen LogP contribution in [0.4, 0.5) is 39.5 Å². The van der Waals surface area contributed by atoms with Crippen LogP contribution in [0.2, 0.25) is 0 Å². The van der Waals surface area contributed by atoms with Gasteiger partial charge in [0.15, 0.2) is 11.6 Å². The van der Waals surface area contributed by atoms with E-state index in [1.807, 2.05) is 42.5 Å². The molecule has 44 heavy (non-hydrogen) atoms. The summed E-state index contributed by atoms with van der Waals surface area (Å²) in [6.07, 6.45) is -6.77. The Labute approximate surface area is 247 Å². The Hall–Kier alpha value is -4.52. The van der Waals surface area contributed by atoms with E-state index in [-0.39, 0.29) is 22.7 Å². The number of hydrogen-bond donors (Lipinski definition) is 0. The molecule has 0 amide bonds. The summed E-state index contributed by atoms with van der Waals surface area (Å²) < 4.78 is 132. The van der Waals surface area contributed by atoms with Crippen molar-refractivity contribution in [3.05, 3.63) is 114 Å². The van der Waals surface area contributed by atoms with Gasteiger partial charge in [0.25, 0.3) is 0 Å². The zero-order chi connectivity index (χ0) is 31.8. The highest BCUT2D eigenvalue weighted by molar-refractivity contribution is 7.21. The molecule has 0 N–H and O–H groups in total. The molecule has 0 aliphatic carbocycles. The highest BCUT2D eigenvalue weighted by Gasteiger charge is 2.42. The first-order valence-corrected chi connectivity index (χ1v) is 13.5. The van der Waals surface area contributed by atoms with E-state index in [9.17, 15) is 39.5 Å². The Morgan fingerprint density at radius 3 is 1.93 bits per heavy atom. The Morgan fingerprint density at radius 1 is 0.727 bits per heavy atom. The molecule has 0 spiro atoms. The zero-order valence-electron chi connectivity index (χ0n) is 22.1. The normalized spacial score (nSPS) is 12.0. The molecule has 0 radical (unpaired) electrons. The third-order valence-electron chi connectivity index (χ3n) is 6.33. The molecule has 0 aliphatic heterocycles. The molecule has 0 aliphatic rings. The minimum Gasteiger partial charge on any atom is -0.429 e. The standard InChI is InChI=1S/C31H18F9NO2S/c1-2-3-4-16-5-7-17(8-6-16)18-9-10-25-26(13-18)44-29(41-25)19-11-21(32)27(22(33)12-19)30(36,37)42-20-14-23(34)28(24(35)15-20)43-31(38,39)40/h2,5-15H,1,3-4H2. The third-order valence-corrected chi connectivity index (χ3v) is 7.40.